The highest BCUT2D eigenvalue weighted by molar-refractivity contribution is 7.92. The lowest BCUT2D eigenvalue weighted by atomic mass is 9.98. The molecule has 0 fully saturated rings. The Morgan fingerprint density at radius 2 is 1.88 bits per heavy atom. The molecule has 6 heteroatoms. The third kappa shape index (κ3) is 2.97. The summed E-state index contributed by atoms with van der Waals surface area (Å²) in [5, 5.41) is 0. The number of pyridine rings is 1. The van der Waals surface area contributed by atoms with Crippen LogP contribution in [0.5, 0.6) is 0 Å². The molecular formula is C20H17FN2O2S. The summed E-state index contributed by atoms with van der Waals surface area (Å²) in [6.07, 6.45) is 5.03. The van der Waals surface area contributed by atoms with Gasteiger partial charge in [-0.1, -0.05) is 18.2 Å². The van der Waals surface area contributed by atoms with Crippen molar-refractivity contribution in [2.45, 2.75) is 17.7 Å². The van der Waals surface area contributed by atoms with Crippen LogP contribution >= 0.6 is 0 Å². The highest BCUT2D eigenvalue weighted by Crippen LogP contribution is 2.34. The van der Waals surface area contributed by atoms with Crippen molar-refractivity contribution in [3.8, 4) is 11.1 Å². The monoisotopic (exact) mass is 368 g/mol. The Kier molecular flexibility index (Phi) is 4.20. The molecule has 0 spiro atoms. The Labute approximate surface area is 152 Å². The van der Waals surface area contributed by atoms with Crippen LogP contribution in [0.1, 0.15) is 12.0 Å². The average Bonchev–Trinajstić information content (AvgIpc) is 2.67. The highest BCUT2D eigenvalue weighted by atomic mass is 32.2. The van der Waals surface area contributed by atoms with E-state index >= 15 is 0 Å². The number of aryl methyl sites for hydroxylation is 1. The first-order chi connectivity index (χ1) is 12.6. The summed E-state index contributed by atoms with van der Waals surface area (Å²) in [7, 11) is -3.79. The van der Waals surface area contributed by atoms with Crippen molar-refractivity contribution in [2.24, 2.45) is 0 Å². The fourth-order valence-electron chi connectivity index (χ4n) is 3.28. The predicted octanol–water partition coefficient (Wildman–Crippen LogP) is 4.03. The van der Waals surface area contributed by atoms with Crippen LogP contribution in [0.2, 0.25) is 0 Å². The molecule has 4 nitrogen and oxygen atoms in total. The maximum Gasteiger partial charge on any atom is 0.264 e. The van der Waals surface area contributed by atoms with E-state index in [2.05, 4.69) is 4.98 Å². The van der Waals surface area contributed by atoms with Gasteiger partial charge in [0, 0.05) is 18.9 Å². The molecule has 0 atom stereocenters. The van der Waals surface area contributed by atoms with E-state index in [1.807, 2.05) is 30.3 Å². The van der Waals surface area contributed by atoms with E-state index in [1.165, 1.54) is 22.5 Å². The third-order valence-corrected chi connectivity index (χ3v) is 6.34. The normalized spacial score (nSPS) is 14.1. The van der Waals surface area contributed by atoms with E-state index in [-0.39, 0.29) is 4.90 Å². The Balaban J connectivity index is 1.76. The second-order valence-corrected chi connectivity index (χ2v) is 8.09. The van der Waals surface area contributed by atoms with Gasteiger partial charge < -0.3 is 0 Å². The molecular weight excluding hydrogens is 351 g/mol. The summed E-state index contributed by atoms with van der Waals surface area (Å²) < 4.78 is 40.9. The molecule has 0 bridgehead atoms. The van der Waals surface area contributed by atoms with Gasteiger partial charge in [0.25, 0.3) is 10.0 Å². The van der Waals surface area contributed by atoms with Crippen LogP contribution in [0.4, 0.5) is 10.1 Å². The molecule has 2 heterocycles. The van der Waals surface area contributed by atoms with E-state index in [9.17, 15) is 12.8 Å². The summed E-state index contributed by atoms with van der Waals surface area (Å²) in [4.78, 5) is 4.11. The van der Waals surface area contributed by atoms with E-state index in [1.54, 1.807) is 12.4 Å². The average molecular weight is 368 g/mol. The Bertz CT molecular complexity index is 1050. The summed E-state index contributed by atoms with van der Waals surface area (Å²) in [6, 6.07) is 14.7. The molecule has 0 saturated heterocycles. The van der Waals surface area contributed by atoms with Crippen molar-refractivity contribution in [2.75, 3.05) is 10.8 Å². The number of halogens is 1. The zero-order valence-corrected chi connectivity index (χ0v) is 14.8. The number of hydrogen-bond donors (Lipinski definition) is 0. The van der Waals surface area contributed by atoms with Gasteiger partial charge in [0.2, 0.25) is 0 Å². The molecule has 1 aromatic heterocycles. The van der Waals surface area contributed by atoms with Crippen LogP contribution in [-0.2, 0) is 16.4 Å². The number of benzene rings is 2. The van der Waals surface area contributed by atoms with Crippen LogP contribution in [-0.4, -0.2) is 19.9 Å². The van der Waals surface area contributed by atoms with Crippen LogP contribution < -0.4 is 4.31 Å². The molecule has 0 amide bonds. The lowest BCUT2D eigenvalue weighted by Gasteiger charge is -2.31. The molecule has 26 heavy (non-hydrogen) atoms. The zero-order chi connectivity index (χ0) is 18.1. The molecule has 0 radical (unpaired) electrons. The third-order valence-electron chi connectivity index (χ3n) is 4.53. The molecule has 2 aromatic carbocycles. The number of rotatable bonds is 3. The molecule has 1 aliphatic rings. The van der Waals surface area contributed by atoms with E-state index in [0.29, 0.717) is 12.2 Å². The zero-order valence-electron chi connectivity index (χ0n) is 14.0. The number of sulfonamides is 1. The molecule has 0 unspecified atom stereocenters. The van der Waals surface area contributed by atoms with Gasteiger partial charge in [-0.3, -0.25) is 9.29 Å². The molecule has 0 saturated carbocycles. The molecule has 0 N–H and O–H groups in total. The fraction of sp³-hybridized carbons (Fsp3) is 0.150. The van der Waals surface area contributed by atoms with Crippen molar-refractivity contribution in [3.63, 3.8) is 0 Å². The predicted molar refractivity (Wildman–Crippen MR) is 98.9 cm³/mol. The minimum absolute atomic E-state index is 0.0262. The molecule has 4 rings (SSSR count). The van der Waals surface area contributed by atoms with Crippen LogP contribution in [0.3, 0.4) is 0 Å². The number of aromatic nitrogens is 1. The van der Waals surface area contributed by atoms with Gasteiger partial charge in [-0.15, -0.1) is 0 Å². The molecule has 132 valence electrons. The number of nitrogens with zero attached hydrogens (tertiary/aromatic N) is 2. The minimum Gasteiger partial charge on any atom is -0.266 e. The maximum absolute atomic E-state index is 13.5. The summed E-state index contributed by atoms with van der Waals surface area (Å²) >= 11 is 0. The summed E-state index contributed by atoms with van der Waals surface area (Å²) in [5.41, 5.74) is 3.62. The van der Waals surface area contributed by atoms with Crippen LogP contribution in [0.25, 0.3) is 11.1 Å². The van der Waals surface area contributed by atoms with Gasteiger partial charge in [0.15, 0.2) is 0 Å². The second kappa shape index (κ2) is 6.53. The van der Waals surface area contributed by atoms with Gasteiger partial charge >= 0.3 is 0 Å². The van der Waals surface area contributed by atoms with Crippen molar-refractivity contribution >= 4 is 15.7 Å². The first-order valence-electron chi connectivity index (χ1n) is 8.37. The largest absolute Gasteiger partial charge is 0.266 e. The fourth-order valence-corrected chi connectivity index (χ4v) is 4.85. The van der Waals surface area contributed by atoms with Gasteiger partial charge in [-0.25, -0.2) is 12.8 Å². The first kappa shape index (κ1) is 16.7. The standard InChI is InChI=1S/C20H17FN2O2S/c21-18-6-1-7-19(13-18)26(24,25)23-11-3-5-16-12-15(8-9-20(16)23)17-4-2-10-22-14-17/h1-2,4,6-10,12-14H,3,5,11H2. The molecule has 0 aliphatic carbocycles. The number of hydrogen-bond acceptors (Lipinski definition) is 3. The van der Waals surface area contributed by atoms with E-state index < -0.39 is 15.8 Å². The van der Waals surface area contributed by atoms with Gasteiger partial charge in [-0.05, 0) is 65.9 Å². The Morgan fingerprint density at radius 1 is 1.00 bits per heavy atom. The summed E-state index contributed by atoms with van der Waals surface area (Å²) in [6.45, 7) is 0.387. The second-order valence-electron chi connectivity index (χ2n) is 6.22. The van der Waals surface area contributed by atoms with Crippen molar-refractivity contribution < 1.29 is 12.8 Å². The molecule has 3 aromatic rings. The smallest absolute Gasteiger partial charge is 0.264 e. The topological polar surface area (TPSA) is 50.3 Å². The van der Waals surface area contributed by atoms with Gasteiger partial charge in [0.1, 0.15) is 5.82 Å². The minimum atomic E-state index is -3.79. The quantitative estimate of drug-likeness (QED) is 0.701. The lowest BCUT2D eigenvalue weighted by Crippen LogP contribution is -2.35. The first-order valence-corrected chi connectivity index (χ1v) is 9.81. The van der Waals surface area contributed by atoms with E-state index in [0.717, 1.165) is 35.6 Å². The number of anilines is 1. The summed E-state index contributed by atoms with van der Waals surface area (Å²) in [5.74, 6) is -0.560. The van der Waals surface area contributed by atoms with Crippen molar-refractivity contribution in [1.29, 1.82) is 0 Å². The Hall–Kier alpha value is -2.73. The maximum atomic E-state index is 13.5. The SMILES string of the molecule is O=S(=O)(c1cccc(F)c1)N1CCCc2cc(-c3cccnc3)ccc21. The van der Waals surface area contributed by atoms with Gasteiger partial charge in [-0.2, -0.15) is 0 Å². The molecule has 1 aliphatic heterocycles. The van der Waals surface area contributed by atoms with E-state index in [4.69, 9.17) is 0 Å². The highest BCUT2D eigenvalue weighted by Gasteiger charge is 2.29. The van der Waals surface area contributed by atoms with Crippen molar-refractivity contribution in [1.82, 2.24) is 4.98 Å². The lowest BCUT2D eigenvalue weighted by molar-refractivity contribution is 0.582. The van der Waals surface area contributed by atoms with Gasteiger partial charge in [0.05, 0.1) is 10.6 Å². The number of fused-ring (bicyclic) bond motifs is 1. The Morgan fingerprint density at radius 3 is 2.65 bits per heavy atom. The van der Waals surface area contributed by atoms with Crippen molar-refractivity contribution in [3.05, 3.63) is 78.4 Å². The van der Waals surface area contributed by atoms with Crippen LogP contribution in [0, 0.1) is 5.82 Å². The van der Waals surface area contributed by atoms with Crippen LogP contribution in [0.15, 0.2) is 71.9 Å².